The summed E-state index contributed by atoms with van der Waals surface area (Å²) in [5, 5.41) is 11.5. The number of carbonyl (C=O) groups is 1. The monoisotopic (exact) mass is 300 g/mol. The molecule has 22 heavy (non-hydrogen) atoms. The third-order valence-electron chi connectivity index (χ3n) is 3.84. The Morgan fingerprint density at radius 2 is 2.14 bits per heavy atom. The van der Waals surface area contributed by atoms with Crippen molar-refractivity contribution in [2.24, 2.45) is 0 Å². The Hall–Kier alpha value is -2.31. The summed E-state index contributed by atoms with van der Waals surface area (Å²) in [6.07, 6.45) is 4.80. The fourth-order valence-corrected chi connectivity index (χ4v) is 2.66. The number of nitrogens with one attached hydrogen (secondary N) is 1. The van der Waals surface area contributed by atoms with Gasteiger partial charge in [0.25, 0.3) is 5.91 Å². The van der Waals surface area contributed by atoms with Crippen LogP contribution in [-0.2, 0) is 13.0 Å². The van der Waals surface area contributed by atoms with E-state index in [9.17, 15) is 4.79 Å². The number of hydrogen-bond donors (Lipinski definition) is 1. The standard InChI is InChI=1S/C15H20N6O/c1-9(2)14-20-19-13-5-4-11(8-21(13)14)18-15(22)12-7-16-10(3)6-17-12/h6-7,9,11H,4-5,8H2,1-3H3,(H,18,22). The summed E-state index contributed by atoms with van der Waals surface area (Å²) >= 11 is 0. The van der Waals surface area contributed by atoms with E-state index in [0.717, 1.165) is 30.2 Å². The number of rotatable bonds is 3. The maximum Gasteiger partial charge on any atom is 0.271 e. The molecule has 0 aliphatic carbocycles. The van der Waals surface area contributed by atoms with Crippen LogP contribution in [0.5, 0.6) is 0 Å². The van der Waals surface area contributed by atoms with Crippen molar-refractivity contribution < 1.29 is 4.79 Å². The molecule has 7 heteroatoms. The van der Waals surface area contributed by atoms with Gasteiger partial charge >= 0.3 is 0 Å². The van der Waals surface area contributed by atoms with Gasteiger partial charge in [-0.1, -0.05) is 13.8 Å². The minimum atomic E-state index is -0.180. The minimum absolute atomic E-state index is 0.0663. The maximum atomic E-state index is 12.2. The molecule has 0 bridgehead atoms. The average Bonchev–Trinajstić information content (AvgIpc) is 2.91. The Bertz CT molecular complexity index is 676. The van der Waals surface area contributed by atoms with E-state index in [-0.39, 0.29) is 11.9 Å². The van der Waals surface area contributed by atoms with Crippen LogP contribution in [0.4, 0.5) is 0 Å². The van der Waals surface area contributed by atoms with Gasteiger partial charge in [-0.3, -0.25) is 9.78 Å². The van der Waals surface area contributed by atoms with Crippen molar-refractivity contribution in [3.05, 3.63) is 35.4 Å². The first-order chi connectivity index (χ1) is 10.5. The fraction of sp³-hybridized carbons (Fsp3) is 0.533. The Morgan fingerprint density at radius 1 is 1.32 bits per heavy atom. The molecule has 1 aliphatic rings. The molecule has 0 fully saturated rings. The van der Waals surface area contributed by atoms with Crippen LogP contribution in [0.1, 0.15) is 54.0 Å². The number of aryl methyl sites for hydroxylation is 2. The van der Waals surface area contributed by atoms with E-state index in [4.69, 9.17) is 0 Å². The van der Waals surface area contributed by atoms with E-state index in [1.54, 1.807) is 6.20 Å². The quantitative estimate of drug-likeness (QED) is 0.922. The fourth-order valence-electron chi connectivity index (χ4n) is 2.66. The molecule has 2 aromatic heterocycles. The molecule has 1 aliphatic heterocycles. The van der Waals surface area contributed by atoms with Crippen LogP contribution in [-0.4, -0.2) is 36.7 Å². The van der Waals surface area contributed by atoms with Gasteiger partial charge in [0.2, 0.25) is 0 Å². The third-order valence-corrected chi connectivity index (χ3v) is 3.84. The molecule has 3 rings (SSSR count). The van der Waals surface area contributed by atoms with Gasteiger partial charge in [-0.05, 0) is 13.3 Å². The van der Waals surface area contributed by atoms with Crippen molar-refractivity contribution in [1.82, 2.24) is 30.0 Å². The third kappa shape index (κ3) is 2.84. The molecule has 1 atom stereocenters. The number of fused-ring (bicyclic) bond motifs is 1. The van der Waals surface area contributed by atoms with Crippen LogP contribution in [0, 0.1) is 6.92 Å². The van der Waals surface area contributed by atoms with Gasteiger partial charge in [-0.25, -0.2) is 4.98 Å². The normalized spacial score (nSPS) is 17.4. The molecule has 1 unspecified atom stereocenters. The second-order valence-electron chi connectivity index (χ2n) is 5.99. The summed E-state index contributed by atoms with van der Waals surface area (Å²) in [7, 11) is 0. The number of aromatic nitrogens is 5. The van der Waals surface area contributed by atoms with Crippen LogP contribution in [0.3, 0.4) is 0 Å². The SMILES string of the molecule is Cc1cnc(C(=O)NC2CCc3nnc(C(C)C)n3C2)cn1. The largest absolute Gasteiger partial charge is 0.346 e. The predicted molar refractivity (Wildman–Crippen MR) is 80.5 cm³/mol. The Kier molecular flexibility index (Phi) is 3.87. The number of amides is 1. The van der Waals surface area contributed by atoms with Gasteiger partial charge in [0.1, 0.15) is 17.3 Å². The lowest BCUT2D eigenvalue weighted by Crippen LogP contribution is -2.41. The van der Waals surface area contributed by atoms with Crippen LogP contribution >= 0.6 is 0 Å². The second-order valence-corrected chi connectivity index (χ2v) is 5.99. The van der Waals surface area contributed by atoms with Crippen molar-refractivity contribution in [3.63, 3.8) is 0 Å². The summed E-state index contributed by atoms with van der Waals surface area (Å²) < 4.78 is 2.12. The summed E-state index contributed by atoms with van der Waals surface area (Å²) in [6, 6.07) is 0.0663. The second kappa shape index (κ2) is 5.82. The van der Waals surface area contributed by atoms with Crippen molar-refractivity contribution in [2.75, 3.05) is 0 Å². The van der Waals surface area contributed by atoms with Gasteiger partial charge < -0.3 is 9.88 Å². The number of carbonyl (C=O) groups excluding carboxylic acids is 1. The van der Waals surface area contributed by atoms with E-state index in [2.05, 4.69) is 43.9 Å². The number of hydrogen-bond acceptors (Lipinski definition) is 5. The van der Waals surface area contributed by atoms with Gasteiger partial charge in [-0.2, -0.15) is 0 Å². The molecule has 7 nitrogen and oxygen atoms in total. The zero-order valence-corrected chi connectivity index (χ0v) is 13.1. The van der Waals surface area contributed by atoms with Gasteiger partial charge in [0, 0.05) is 31.1 Å². The van der Waals surface area contributed by atoms with Crippen LogP contribution in [0.15, 0.2) is 12.4 Å². The molecule has 1 amide bonds. The van der Waals surface area contributed by atoms with Crippen molar-refractivity contribution >= 4 is 5.91 Å². The average molecular weight is 300 g/mol. The maximum absolute atomic E-state index is 12.2. The van der Waals surface area contributed by atoms with E-state index in [1.807, 2.05) is 6.92 Å². The van der Waals surface area contributed by atoms with Crippen LogP contribution < -0.4 is 5.32 Å². The highest BCUT2D eigenvalue weighted by Crippen LogP contribution is 2.20. The van der Waals surface area contributed by atoms with E-state index >= 15 is 0 Å². The Labute approximate surface area is 129 Å². The van der Waals surface area contributed by atoms with E-state index < -0.39 is 0 Å². The smallest absolute Gasteiger partial charge is 0.271 e. The van der Waals surface area contributed by atoms with Crippen molar-refractivity contribution in [1.29, 1.82) is 0 Å². The molecule has 0 spiro atoms. The van der Waals surface area contributed by atoms with Crippen LogP contribution in [0.2, 0.25) is 0 Å². The first-order valence-electron chi connectivity index (χ1n) is 7.56. The highest BCUT2D eigenvalue weighted by atomic mass is 16.1. The summed E-state index contributed by atoms with van der Waals surface area (Å²) in [5.74, 6) is 2.12. The van der Waals surface area contributed by atoms with Gasteiger partial charge in [0.05, 0.1) is 11.9 Å². The molecule has 1 N–H and O–H groups in total. The topological polar surface area (TPSA) is 85.6 Å². The highest BCUT2D eigenvalue weighted by Gasteiger charge is 2.25. The highest BCUT2D eigenvalue weighted by molar-refractivity contribution is 5.92. The lowest BCUT2D eigenvalue weighted by molar-refractivity contribution is 0.0921. The minimum Gasteiger partial charge on any atom is -0.346 e. The van der Waals surface area contributed by atoms with Crippen LogP contribution in [0.25, 0.3) is 0 Å². The zero-order valence-electron chi connectivity index (χ0n) is 13.1. The Balaban J connectivity index is 1.71. The molecule has 116 valence electrons. The van der Waals surface area contributed by atoms with E-state index in [1.165, 1.54) is 6.20 Å². The van der Waals surface area contributed by atoms with Crippen molar-refractivity contribution in [3.8, 4) is 0 Å². The zero-order chi connectivity index (χ0) is 15.7. The molecule has 3 heterocycles. The molecular weight excluding hydrogens is 280 g/mol. The van der Waals surface area contributed by atoms with E-state index in [0.29, 0.717) is 18.2 Å². The summed E-state index contributed by atoms with van der Waals surface area (Å²) in [5.41, 5.74) is 1.15. The molecule has 0 saturated carbocycles. The first-order valence-corrected chi connectivity index (χ1v) is 7.56. The predicted octanol–water partition coefficient (Wildman–Crippen LogP) is 1.24. The molecule has 2 aromatic rings. The lowest BCUT2D eigenvalue weighted by atomic mass is 10.1. The molecule has 0 radical (unpaired) electrons. The molecule has 0 aromatic carbocycles. The molecular formula is C15H20N6O. The van der Waals surface area contributed by atoms with Crippen molar-refractivity contribution in [2.45, 2.75) is 52.1 Å². The summed E-state index contributed by atoms with van der Waals surface area (Å²) in [4.78, 5) is 20.5. The Morgan fingerprint density at radius 3 is 2.82 bits per heavy atom. The summed E-state index contributed by atoms with van der Waals surface area (Å²) in [6.45, 7) is 6.75. The van der Waals surface area contributed by atoms with Gasteiger partial charge in [-0.15, -0.1) is 10.2 Å². The van der Waals surface area contributed by atoms with Gasteiger partial charge in [0.15, 0.2) is 0 Å². The first kappa shape index (κ1) is 14.6. The lowest BCUT2D eigenvalue weighted by Gasteiger charge is -2.25. The molecule has 0 saturated heterocycles. The number of nitrogens with zero attached hydrogens (tertiary/aromatic N) is 5.